The van der Waals surface area contributed by atoms with Gasteiger partial charge in [-0.15, -0.1) is 0 Å². The van der Waals surface area contributed by atoms with Crippen molar-refractivity contribution >= 4 is 11.6 Å². The number of carbonyl (C=O) groups excluding carboxylic acids is 1. The van der Waals surface area contributed by atoms with Crippen LogP contribution in [0.25, 0.3) is 0 Å². The smallest absolute Gasteiger partial charge is 0.261 e. The Morgan fingerprint density at radius 2 is 1.65 bits per heavy atom. The predicted molar refractivity (Wildman–Crippen MR) is 105 cm³/mol. The SMILES string of the molecule is CCN(CC)c1ccc(CNC(=O)[C@H](C)Oc2ccccc2OC)cc1. The van der Waals surface area contributed by atoms with Gasteiger partial charge in [-0.05, 0) is 50.6 Å². The van der Waals surface area contributed by atoms with Gasteiger partial charge in [0.25, 0.3) is 5.91 Å². The Balaban J connectivity index is 1.89. The summed E-state index contributed by atoms with van der Waals surface area (Å²) in [5, 5.41) is 2.91. The molecule has 0 aliphatic heterocycles. The predicted octanol–water partition coefficient (Wildman–Crippen LogP) is 3.63. The number of carbonyl (C=O) groups is 1. The molecule has 0 heterocycles. The maximum absolute atomic E-state index is 12.3. The number of methoxy groups -OCH3 is 1. The first-order chi connectivity index (χ1) is 12.6. The Labute approximate surface area is 155 Å². The average Bonchev–Trinajstić information content (AvgIpc) is 2.68. The molecular formula is C21H28N2O3. The molecule has 1 amide bonds. The molecule has 0 aliphatic carbocycles. The first kappa shape index (κ1) is 19.6. The molecule has 0 unspecified atom stereocenters. The molecule has 0 aliphatic rings. The third-order valence-corrected chi connectivity index (χ3v) is 4.27. The van der Waals surface area contributed by atoms with Gasteiger partial charge < -0.3 is 19.7 Å². The molecule has 2 aromatic rings. The van der Waals surface area contributed by atoms with Gasteiger partial charge in [-0.2, -0.15) is 0 Å². The summed E-state index contributed by atoms with van der Waals surface area (Å²) in [5.41, 5.74) is 2.25. The number of nitrogens with one attached hydrogen (secondary N) is 1. The van der Waals surface area contributed by atoms with Crippen LogP contribution in [-0.4, -0.2) is 32.2 Å². The van der Waals surface area contributed by atoms with Gasteiger partial charge in [0.05, 0.1) is 7.11 Å². The van der Waals surface area contributed by atoms with E-state index >= 15 is 0 Å². The van der Waals surface area contributed by atoms with Crippen LogP contribution in [0.15, 0.2) is 48.5 Å². The van der Waals surface area contributed by atoms with E-state index in [1.165, 1.54) is 5.69 Å². The Bertz CT molecular complexity index is 697. The quantitative estimate of drug-likeness (QED) is 0.745. The zero-order valence-electron chi connectivity index (χ0n) is 16.0. The fraction of sp³-hybridized carbons (Fsp3) is 0.381. The highest BCUT2D eigenvalue weighted by Gasteiger charge is 2.16. The zero-order valence-corrected chi connectivity index (χ0v) is 16.0. The third-order valence-electron chi connectivity index (χ3n) is 4.27. The number of ether oxygens (including phenoxy) is 2. The molecule has 0 saturated carbocycles. The van der Waals surface area contributed by atoms with Crippen LogP contribution in [0.4, 0.5) is 5.69 Å². The van der Waals surface area contributed by atoms with Gasteiger partial charge in [-0.25, -0.2) is 0 Å². The van der Waals surface area contributed by atoms with Gasteiger partial charge in [0.1, 0.15) is 0 Å². The maximum Gasteiger partial charge on any atom is 0.261 e. The number of nitrogens with zero attached hydrogens (tertiary/aromatic N) is 1. The van der Waals surface area contributed by atoms with Gasteiger partial charge in [-0.1, -0.05) is 24.3 Å². The minimum absolute atomic E-state index is 0.163. The highest BCUT2D eigenvalue weighted by atomic mass is 16.5. The first-order valence-electron chi connectivity index (χ1n) is 9.00. The van der Waals surface area contributed by atoms with E-state index in [0.29, 0.717) is 18.0 Å². The van der Waals surface area contributed by atoms with Crippen LogP contribution in [0.3, 0.4) is 0 Å². The van der Waals surface area contributed by atoms with Crippen molar-refractivity contribution in [2.45, 2.75) is 33.4 Å². The topological polar surface area (TPSA) is 50.8 Å². The van der Waals surface area contributed by atoms with Crippen molar-refractivity contribution in [3.8, 4) is 11.5 Å². The molecule has 2 aromatic carbocycles. The van der Waals surface area contributed by atoms with Gasteiger partial charge >= 0.3 is 0 Å². The average molecular weight is 356 g/mol. The van der Waals surface area contributed by atoms with Gasteiger partial charge in [0.2, 0.25) is 0 Å². The summed E-state index contributed by atoms with van der Waals surface area (Å²) in [4.78, 5) is 14.6. The second kappa shape index (κ2) is 9.70. The second-order valence-corrected chi connectivity index (χ2v) is 5.97. The van der Waals surface area contributed by atoms with Crippen LogP contribution >= 0.6 is 0 Å². The maximum atomic E-state index is 12.3. The highest BCUT2D eigenvalue weighted by molar-refractivity contribution is 5.80. The summed E-state index contributed by atoms with van der Waals surface area (Å²) >= 11 is 0. The van der Waals surface area contributed by atoms with E-state index in [-0.39, 0.29) is 5.91 Å². The molecule has 5 heteroatoms. The van der Waals surface area contributed by atoms with Crippen molar-refractivity contribution in [1.29, 1.82) is 0 Å². The monoisotopic (exact) mass is 356 g/mol. The summed E-state index contributed by atoms with van der Waals surface area (Å²) in [6.45, 7) is 8.43. The lowest BCUT2D eigenvalue weighted by Crippen LogP contribution is -2.36. The van der Waals surface area contributed by atoms with E-state index in [0.717, 1.165) is 18.7 Å². The lowest BCUT2D eigenvalue weighted by atomic mass is 10.2. The van der Waals surface area contributed by atoms with E-state index < -0.39 is 6.10 Å². The minimum atomic E-state index is -0.610. The fourth-order valence-electron chi connectivity index (χ4n) is 2.71. The summed E-state index contributed by atoms with van der Waals surface area (Å²) in [7, 11) is 1.58. The Kier molecular flexibility index (Phi) is 7.33. The summed E-state index contributed by atoms with van der Waals surface area (Å²) in [6.07, 6.45) is -0.610. The Morgan fingerprint density at radius 3 is 2.23 bits per heavy atom. The number of anilines is 1. The molecule has 1 N–H and O–H groups in total. The molecule has 0 saturated heterocycles. The van der Waals surface area contributed by atoms with Gasteiger partial charge in [0.15, 0.2) is 17.6 Å². The van der Waals surface area contributed by atoms with Crippen LogP contribution in [0.2, 0.25) is 0 Å². The van der Waals surface area contributed by atoms with Gasteiger partial charge in [0, 0.05) is 25.3 Å². The van der Waals surface area contributed by atoms with Crippen molar-refractivity contribution in [3.63, 3.8) is 0 Å². The van der Waals surface area contributed by atoms with Crippen molar-refractivity contribution in [3.05, 3.63) is 54.1 Å². The number of benzene rings is 2. The third kappa shape index (κ3) is 5.15. The van der Waals surface area contributed by atoms with Crippen molar-refractivity contribution in [2.75, 3.05) is 25.1 Å². The van der Waals surface area contributed by atoms with Crippen LogP contribution < -0.4 is 19.7 Å². The zero-order chi connectivity index (χ0) is 18.9. The van der Waals surface area contributed by atoms with E-state index in [1.807, 2.05) is 24.3 Å². The highest BCUT2D eigenvalue weighted by Crippen LogP contribution is 2.26. The molecule has 140 valence electrons. The number of para-hydroxylation sites is 2. The number of amides is 1. The van der Waals surface area contributed by atoms with Crippen LogP contribution in [0.5, 0.6) is 11.5 Å². The van der Waals surface area contributed by atoms with E-state index in [9.17, 15) is 4.79 Å². The molecule has 1 atom stereocenters. The molecule has 0 bridgehead atoms. The number of rotatable bonds is 9. The summed E-state index contributed by atoms with van der Waals surface area (Å²) in [5.74, 6) is 1.00. The van der Waals surface area contributed by atoms with E-state index in [4.69, 9.17) is 9.47 Å². The normalized spacial score (nSPS) is 11.5. The standard InChI is InChI=1S/C21H28N2O3/c1-5-23(6-2)18-13-11-17(12-14-18)15-22-21(24)16(3)26-20-10-8-7-9-19(20)25-4/h7-14,16H,5-6,15H2,1-4H3,(H,22,24)/t16-/m0/s1. The second-order valence-electron chi connectivity index (χ2n) is 5.97. The fourth-order valence-corrected chi connectivity index (χ4v) is 2.71. The number of hydrogen-bond donors (Lipinski definition) is 1. The van der Waals surface area contributed by atoms with Crippen LogP contribution in [-0.2, 0) is 11.3 Å². The number of hydrogen-bond acceptors (Lipinski definition) is 4. The molecule has 0 aromatic heterocycles. The molecule has 0 spiro atoms. The molecular weight excluding hydrogens is 328 g/mol. The molecule has 2 rings (SSSR count). The van der Waals surface area contributed by atoms with Crippen molar-refractivity contribution < 1.29 is 14.3 Å². The largest absolute Gasteiger partial charge is 0.493 e. The first-order valence-corrected chi connectivity index (χ1v) is 9.00. The Hall–Kier alpha value is -2.69. The molecule has 0 radical (unpaired) electrons. The summed E-state index contributed by atoms with van der Waals surface area (Å²) in [6, 6.07) is 15.6. The Morgan fingerprint density at radius 1 is 1.04 bits per heavy atom. The van der Waals surface area contributed by atoms with Crippen molar-refractivity contribution in [1.82, 2.24) is 5.32 Å². The molecule has 0 fully saturated rings. The van der Waals surface area contributed by atoms with E-state index in [1.54, 1.807) is 26.2 Å². The minimum Gasteiger partial charge on any atom is -0.493 e. The van der Waals surface area contributed by atoms with Crippen LogP contribution in [0.1, 0.15) is 26.3 Å². The van der Waals surface area contributed by atoms with Crippen molar-refractivity contribution in [2.24, 2.45) is 0 Å². The lowest BCUT2D eigenvalue weighted by molar-refractivity contribution is -0.127. The van der Waals surface area contributed by atoms with E-state index in [2.05, 4.69) is 36.2 Å². The molecule has 5 nitrogen and oxygen atoms in total. The van der Waals surface area contributed by atoms with Gasteiger partial charge in [-0.3, -0.25) is 4.79 Å². The lowest BCUT2D eigenvalue weighted by Gasteiger charge is -2.21. The summed E-state index contributed by atoms with van der Waals surface area (Å²) < 4.78 is 11.0. The van der Waals surface area contributed by atoms with Crippen LogP contribution in [0, 0.1) is 0 Å². The molecule has 26 heavy (non-hydrogen) atoms.